The molecule has 0 aromatic carbocycles. The summed E-state index contributed by atoms with van der Waals surface area (Å²) in [5.74, 6) is 0. The van der Waals surface area contributed by atoms with Crippen LogP contribution in [-0.2, 0) is 37.5 Å². The highest BCUT2D eigenvalue weighted by atomic mass is 31.2. The number of amides is 1. The lowest BCUT2D eigenvalue weighted by Gasteiger charge is -2.36. The van der Waals surface area contributed by atoms with E-state index in [1.54, 1.807) is 0 Å². The topological polar surface area (TPSA) is 92.8 Å². The van der Waals surface area contributed by atoms with E-state index in [0.717, 1.165) is 77.0 Å². The highest BCUT2D eigenvalue weighted by Crippen LogP contribution is 2.49. The molecule has 0 saturated carbocycles. The van der Waals surface area contributed by atoms with E-state index in [1.807, 2.05) is 0 Å². The first-order chi connectivity index (χ1) is 19.9. The maximum absolute atomic E-state index is 13.8. The molecule has 10 heteroatoms. The minimum atomic E-state index is -3.32. The number of hydrogen-bond acceptors (Lipinski definition) is 8. The summed E-state index contributed by atoms with van der Waals surface area (Å²) < 4.78 is 44.8. The number of ether oxygens (including phenoxy) is 3. The number of hydrogen-bond donors (Lipinski definition) is 0. The molecule has 0 bridgehead atoms. The van der Waals surface area contributed by atoms with Gasteiger partial charge in [0.05, 0.1) is 38.6 Å². The Kier molecular flexibility index (Phi) is 27.9. The Bertz CT molecular complexity index is 613. The van der Waals surface area contributed by atoms with E-state index in [4.69, 9.17) is 28.1 Å². The SMILES string of the molecule is CCCCO[C@@H]([C@H](CN(C=O)OCCCC)OCCCC)[C@@H](CCP(=O)(OCCCC)OCCCC)OCCCC. The van der Waals surface area contributed by atoms with Crippen LogP contribution < -0.4 is 0 Å². The van der Waals surface area contributed by atoms with Crippen LogP contribution in [0.4, 0.5) is 0 Å². The van der Waals surface area contributed by atoms with Crippen LogP contribution in [0.3, 0.4) is 0 Å². The van der Waals surface area contributed by atoms with Crippen LogP contribution in [-0.4, -0.2) is 82.1 Å². The van der Waals surface area contributed by atoms with Gasteiger partial charge >= 0.3 is 7.60 Å². The Balaban J connectivity index is 6.07. The van der Waals surface area contributed by atoms with E-state index in [9.17, 15) is 9.36 Å². The van der Waals surface area contributed by atoms with Crippen LogP contribution in [0.25, 0.3) is 0 Å². The number of rotatable bonds is 32. The number of carbonyl (C=O) groups is 1. The van der Waals surface area contributed by atoms with Crippen molar-refractivity contribution in [1.82, 2.24) is 5.06 Å². The molecule has 0 spiro atoms. The van der Waals surface area contributed by atoms with Crippen molar-refractivity contribution in [3.8, 4) is 0 Å². The van der Waals surface area contributed by atoms with Gasteiger partial charge in [-0.1, -0.05) is 80.1 Å². The van der Waals surface area contributed by atoms with Crippen molar-refractivity contribution in [3.05, 3.63) is 0 Å². The van der Waals surface area contributed by atoms with Crippen molar-refractivity contribution in [1.29, 1.82) is 0 Å². The fourth-order valence-electron chi connectivity index (χ4n) is 3.95. The lowest BCUT2D eigenvalue weighted by molar-refractivity contribution is -0.201. The van der Waals surface area contributed by atoms with Gasteiger partial charge in [0, 0.05) is 19.8 Å². The van der Waals surface area contributed by atoms with E-state index in [1.165, 1.54) is 5.06 Å². The third-order valence-electron chi connectivity index (χ3n) is 6.69. The molecule has 0 rings (SSSR count). The first-order valence-corrected chi connectivity index (χ1v) is 18.2. The van der Waals surface area contributed by atoms with E-state index in [2.05, 4.69) is 41.5 Å². The molecule has 0 fully saturated rings. The zero-order valence-electron chi connectivity index (χ0n) is 27.3. The van der Waals surface area contributed by atoms with Crippen molar-refractivity contribution in [2.75, 3.05) is 52.3 Å². The Labute approximate surface area is 252 Å². The Morgan fingerprint density at radius 3 is 1.54 bits per heavy atom. The van der Waals surface area contributed by atoms with Gasteiger partial charge in [-0.15, -0.1) is 0 Å². The molecule has 0 unspecified atom stereocenters. The molecule has 0 N–H and O–H groups in total. The summed E-state index contributed by atoms with van der Waals surface area (Å²) in [6.45, 7) is 15.7. The van der Waals surface area contributed by atoms with Gasteiger partial charge in [-0.2, -0.15) is 0 Å². The minimum Gasteiger partial charge on any atom is -0.375 e. The van der Waals surface area contributed by atoms with Crippen LogP contribution >= 0.6 is 7.60 Å². The first-order valence-electron chi connectivity index (χ1n) is 16.5. The Morgan fingerprint density at radius 1 is 0.610 bits per heavy atom. The molecule has 246 valence electrons. The molecule has 0 aromatic heterocycles. The van der Waals surface area contributed by atoms with Gasteiger partial charge < -0.3 is 23.3 Å². The second kappa shape index (κ2) is 28.2. The van der Waals surface area contributed by atoms with Crippen LogP contribution in [0.5, 0.6) is 0 Å². The molecule has 0 aliphatic rings. The summed E-state index contributed by atoms with van der Waals surface area (Å²) in [4.78, 5) is 17.7. The highest BCUT2D eigenvalue weighted by molar-refractivity contribution is 7.53. The summed E-state index contributed by atoms with van der Waals surface area (Å²) in [5.41, 5.74) is 0. The first kappa shape index (κ1) is 40.5. The lowest BCUT2D eigenvalue weighted by Crippen LogP contribution is -2.49. The van der Waals surface area contributed by atoms with Crippen LogP contribution in [0, 0.1) is 0 Å². The predicted octanol–water partition coefficient (Wildman–Crippen LogP) is 7.95. The summed E-state index contributed by atoms with van der Waals surface area (Å²) in [6, 6.07) is 0. The number of nitrogens with zero attached hydrogens (tertiary/aromatic N) is 1. The number of carbonyl (C=O) groups excluding carboxylic acids is 1. The average molecular weight is 610 g/mol. The summed E-state index contributed by atoms with van der Waals surface area (Å²) >= 11 is 0. The van der Waals surface area contributed by atoms with E-state index in [-0.39, 0.29) is 12.7 Å². The molecule has 0 saturated heterocycles. The maximum Gasteiger partial charge on any atom is 0.330 e. The largest absolute Gasteiger partial charge is 0.375 e. The molecule has 41 heavy (non-hydrogen) atoms. The van der Waals surface area contributed by atoms with Crippen molar-refractivity contribution in [2.24, 2.45) is 0 Å². The van der Waals surface area contributed by atoms with Crippen LogP contribution in [0.2, 0.25) is 0 Å². The highest BCUT2D eigenvalue weighted by Gasteiger charge is 2.36. The quantitative estimate of drug-likeness (QED) is 0.0328. The lowest BCUT2D eigenvalue weighted by atomic mass is 10.0. The third kappa shape index (κ3) is 20.9. The van der Waals surface area contributed by atoms with Gasteiger partial charge in [-0.3, -0.25) is 14.2 Å². The smallest absolute Gasteiger partial charge is 0.330 e. The molecular weight excluding hydrogens is 545 g/mol. The van der Waals surface area contributed by atoms with E-state index >= 15 is 0 Å². The van der Waals surface area contributed by atoms with Gasteiger partial charge in [0.15, 0.2) is 0 Å². The van der Waals surface area contributed by atoms with Gasteiger partial charge in [-0.05, 0) is 44.9 Å². The normalized spacial score (nSPS) is 14.2. The molecular formula is C31H64NO8P. The molecule has 0 radical (unpaired) electrons. The number of hydroxylamine groups is 2. The fourth-order valence-corrected chi connectivity index (χ4v) is 5.67. The van der Waals surface area contributed by atoms with Crippen LogP contribution in [0.15, 0.2) is 0 Å². The van der Waals surface area contributed by atoms with E-state index < -0.39 is 25.9 Å². The Morgan fingerprint density at radius 2 is 1.05 bits per heavy atom. The molecule has 0 aliphatic carbocycles. The standard InChI is InChI=1S/C31H64NO8P/c1-7-13-20-35-29(19-26-41(34,39-24-17-11-5)40-25-18-12-6)31(37-22-15-9-3)30(36-21-14-8-2)27-32(28-33)38-23-16-10-4/h28-31H,7-27H2,1-6H3/t29-,30+,31-/m1/s1. The molecule has 0 aliphatic heterocycles. The van der Waals surface area contributed by atoms with E-state index in [0.29, 0.717) is 52.5 Å². The molecule has 1 amide bonds. The third-order valence-corrected chi connectivity index (χ3v) is 8.65. The van der Waals surface area contributed by atoms with Gasteiger partial charge in [0.1, 0.15) is 12.2 Å². The van der Waals surface area contributed by atoms with Crippen molar-refractivity contribution >= 4 is 14.0 Å². The van der Waals surface area contributed by atoms with Crippen molar-refractivity contribution in [3.63, 3.8) is 0 Å². The average Bonchev–Trinajstić information content (AvgIpc) is 2.97. The second-order valence-corrected chi connectivity index (χ2v) is 12.8. The molecule has 0 aromatic rings. The summed E-state index contributed by atoms with van der Waals surface area (Å²) in [5, 5.41) is 1.32. The minimum absolute atomic E-state index is 0.221. The molecule has 3 atom stereocenters. The fraction of sp³-hybridized carbons (Fsp3) is 0.968. The van der Waals surface area contributed by atoms with Gasteiger partial charge in [0.25, 0.3) is 0 Å². The Hall–Kier alpha value is -0.540. The van der Waals surface area contributed by atoms with Gasteiger partial charge in [-0.25, -0.2) is 5.06 Å². The zero-order chi connectivity index (χ0) is 30.6. The molecule has 0 heterocycles. The van der Waals surface area contributed by atoms with Crippen LogP contribution in [0.1, 0.15) is 125 Å². The summed E-state index contributed by atoms with van der Waals surface area (Å²) in [6.07, 6.45) is 11.1. The molecule has 9 nitrogen and oxygen atoms in total. The van der Waals surface area contributed by atoms with Crippen molar-refractivity contribution in [2.45, 2.75) is 143 Å². The second-order valence-electron chi connectivity index (χ2n) is 10.6. The monoisotopic (exact) mass is 609 g/mol. The zero-order valence-corrected chi connectivity index (χ0v) is 28.2. The summed E-state index contributed by atoms with van der Waals surface area (Å²) in [7, 11) is -3.32. The maximum atomic E-state index is 13.8. The van der Waals surface area contributed by atoms with Gasteiger partial charge in [0.2, 0.25) is 6.41 Å². The van der Waals surface area contributed by atoms with Crippen molar-refractivity contribution < 1.29 is 37.5 Å². The predicted molar refractivity (Wildman–Crippen MR) is 166 cm³/mol. The number of unbranched alkanes of at least 4 members (excludes halogenated alkanes) is 6.